The lowest BCUT2D eigenvalue weighted by Gasteiger charge is -2.22. The van der Waals surface area contributed by atoms with Crippen LogP contribution in [0.3, 0.4) is 0 Å². The number of thiocarbonyl (C=S) groups is 1. The molecular weight excluding hydrogens is 206 g/mol. The number of hydrogen-bond donors (Lipinski definition) is 1. The van der Waals surface area contributed by atoms with Crippen LogP contribution >= 0.6 is 12.2 Å². The largest absolute Gasteiger partial charge is 0.393 e. The summed E-state index contributed by atoms with van der Waals surface area (Å²) in [5, 5.41) is 4.23. The second-order valence-corrected chi connectivity index (χ2v) is 4.99. The summed E-state index contributed by atoms with van der Waals surface area (Å²) < 4.78 is 2.01. The van der Waals surface area contributed by atoms with E-state index in [0.29, 0.717) is 4.99 Å². The Bertz CT molecular complexity index is 341. The molecule has 1 heterocycles. The predicted molar refractivity (Wildman–Crippen MR) is 66.8 cm³/mol. The third-order valence-electron chi connectivity index (χ3n) is 2.77. The highest BCUT2D eigenvalue weighted by atomic mass is 32.1. The zero-order valence-electron chi connectivity index (χ0n) is 9.66. The van der Waals surface area contributed by atoms with Crippen molar-refractivity contribution in [2.24, 2.45) is 11.1 Å². The van der Waals surface area contributed by atoms with Crippen molar-refractivity contribution in [3.05, 3.63) is 18.0 Å². The summed E-state index contributed by atoms with van der Waals surface area (Å²) in [5.74, 6) is 0. The molecule has 4 heteroatoms. The van der Waals surface area contributed by atoms with Crippen LogP contribution in [0, 0.1) is 12.3 Å². The molecule has 1 rings (SSSR count). The van der Waals surface area contributed by atoms with Crippen molar-refractivity contribution in [1.82, 2.24) is 9.78 Å². The monoisotopic (exact) mass is 225 g/mol. The molecule has 0 radical (unpaired) electrons. The van der Waals surface area contributed by atoms with Gasteiger partial charge in [0.05, 0.1) is 4.99 Å². The van der Waals surface area contributed by atoms with Gasteiger partial charge in [0.1, 0.15) is 0 Å². The summed E-state index contributed by atoms with van der Waals surface area (Å²) in [6.45, 7) is 7.17. The van der Waals surface area contributed by atoms with E-state index < -0.39 is 0 Å². The van der Waals surface area contributed by atoms with E-state index in [1.807, 2.05) is 16.9 Å². The van der Waals surface area contributed by atoms with Crippen LogP contribution in [0.15, 0.2) is 12.3 Å². The van der Waals surface area contributed by atoms with E-state index in [0.717, 1.165) is 19.4 Å². The average Bonchev–Trinajstić information content (AvgIpc) is 2.51. The molecule has 1 aromatic rings. The molecule has 0 saturated carbocycles. The van der Waals surface area contributed by atoms with Crippen molar-refractivity contribution in [2.45, 2.75) is 40.2 Å². The Kier molecular flexibility index (Phi) is 3.85. The molecule has 3 nitrogen and oxygen atoms in total. The topological polar surface area (TPSA) is 43.8 Å². The van der Waals surface area contributed by atoms with Gasteiger partial charge in [-0.05, 0) is 25.8 Å². The number of rotatable bonds is 5. The SMILES string of the molecule is Cc1ccnn1CCCC(C)(C)C(N)=S. The van der Waals surface area contributed by atoms with Crippen LogP contribution in [0.5, 0.6) is 0 Å². The minimum absolute atomic E-state index is 0.0452. The normalized spacial score (nSPS) is 11.7. The van der Waals surface area contributed by atoms with E-state index in [4.69, 9.17) is 18.0 Å². The zero-order chi connectivity index (χ0) is 11.5. The lowest BCUT2D eigenvalue weighted by molar-refractivity contribution is 0.423. The van der Waals surface area contributed by atoms with Crippen LogP contribution < -0.4 is 5.73 Å². The van der Waals surface area contributed by atoms with Gasteiger partial charge in [0.2, 0.25) is 0 Å². The molecule has 0 unspecified atom stereocenters. The summed E-state index contributed by atoms with van der Waals surface area (Å²) in [7, 11) is 0. The highest BCUT2D eigenvalue weighted by Gasteiger charge is 2.20. The third-order valence-corrected chi connectivity index (χ3v) is 3.32. The molecule has 1 aromatic heterocycles. The molecule has 0 saturated heterocycles. The summed E-state index contributed by atoms with van der Waals surface area (Å²) in [6.07, 6.45) is 3.88. The fourth-order valence-electron chi connectivity index (χ4n) is 1.43. The minimum Gasteiger partial charge on any atom is -0.393 e. The Balaban J connectivity index is 2.40. The van der Waals surface area contributed by atoms with Gasteiger partial charge in [0.15, 0.2) is 0 Å². The van der Waals surface area contributed by atoms with Crippen LogP contribution in [-0.4, -0.2) is 14.8 Å². The molecule has 0 spiro atoms. The first-order valence-corrected chi connectivity index (χ1v) is 5.62. The van der Waals surface area contributed by atoms with E-state index in [9.17, 15) is 0 Å². The Labute approximate surface area is 96.7 Å². The fraction of sp³-hybridized carbons (Fsp3) is 0.636. The quantitative estimate of drug-likeness (QED) is 0.782. The summed E-state index contributed by atoms with van der Waals surface area (Å²) in [5.41, 5.74) is 6.82. The smallest absolute Gasteiger partial charge is 0.0784 e. The molecule has 0 aliphatic heterocycles. The van der Waals surface area contributed by atoms with Crippen molar-refractivity contribution in [3.63, 3.8) is 0 Å². The van der Waals surface area contributed by atoms with Crippen molar-refractivity contribution < 1.29 is 0 Å². The second-order valence-electron chi connectivity index (χ2n) is 4.55. The Hall–Kier alpha value is -0.900. The van der Waals surface area contributed by atoms with Crippen LogP contribution in [0.2, 0.25) is 0 Å². The maximum absolute atomic E-state index is 5.67. The second kappa shape index (κ2) is 4.75. The average molecular weight is 225 g/mol. The van der Waals surface area contributed by atoms with Gasteiger partial charge in [-0.2, -0.15) is 5.10 Å². The zero-order valence-corrected chi connectivity index (χ0v) is 10.5. The summed E-state index contributed by atoms with van der Waals surface area (Å²) in [4.78, 5) is 0.597. The van der Waals surface area contributed by atoms with Crippen molar-refractivity contribution in [1.29, 1.82) is 0 Å². The van der Waals surface area contributed by atoms with Gasteiger partial charge < -0.3 is 5.73 Å². The maximum atomic E-state index is 5.67. The lowest BCUT2D eigenvalue weighted by Crippen LogP contribution is -2.29. The third kappa shape index (κ3) is 3.30. The summed E-state index contributed by atoms with van der Waals surface area (Å²) in [6, 6.07) is 2.01. The number of aryl methyl sites for hydroxylation is 2. The van der Waals surface area contributed by atoms with E-state index in [1.54, 1.807) is 0 Å². The van der Waals surface area contributed by atoms with Gasteiger partial charge in [-0.1, -0.05) is 26.1 Å². The highest BCUT2D eigenvalue weighted by molar-refractivity contribution is 7.80. The lowest BCUT2D eigenvalue weighted by atomic mass is 9.88. The van der Waals surface area contributed by atoms with E-state index in [-0.39, 0.29) is 5.41 Å². The molecule has 2 N–H and O–H groups in total. The Morgan fingerprint density at radius 2 is 2.27 bits per heavy atom. The van der Waals surface area contributed by atoms with Gasteiger partial charge in [0, 0.05) is 23.9 Å². The molecule has 0 fully saturated rings. The van der Waals surface area contributed by atoms with E-state index in [1.165, 1.54) is 5.69 Å². The molecule has 0 amide bonds. The van der Waals surface area contributed by atoms with E-state index in [2.05, 4.69) is 25.9 Å². The van der Waals surface area contributed by atoms with Crippen LogP contribution in [0.4, 0.5) is 0 Å². The van der Waals surface area contributed by atoms with Gasteiger partial charge in [-0.3, -0.25) is 4.68 Å². The fourth-order valence-corrected chi connectivity index (χ4v) is 1.53. The first kappa shape index (κ1) is 12.2. The molecule has 0 aromatic carbocycles. The van der Waals surface area contributed by atoms with Crippen molar-refractivity contribution >= 4 is 17.2 Å². The maximum Gasteiger partial charge on any atom is 0.0784 e. The van der Waals surface area contributed by atoms with Gasteiger partial charge in [-0.25, -0.2) is 0 Å². The molecule has 0 aliphatic carbocycles. The Morgan fingerprint density at radius 3 is 2.73 bits per heavy atom. The summed E-state index contributed by atoms with van der Waals surface area (Å²) >= 11 is 5.03. The van der Waals surface area contributed by atoms with Gasteiger partial charge in [0.25, 0.3) is 0 Å². The number of nitrogens with two attached hydrogens (primary N) is 1. The minimum atomic E-state index is -0.0452. The number of nitrogens with zero attached hydrogens (tertiary/aromatic N) is 2. The molecular formula is C11H19N3S. The predicted octanol–water partition coefficient (Wildman–Crippen LogP) is 2.28. The van der Waals surface area contributed by atoms with Crippen molar-refractivity contribution in [3.8, 4) is 0 Å². The molecule has 15 heavy (non-hydrogen) atoms. The number of hydrogen-bond acceptors (Lipinski definition) is 2. The van der Waals surface area contributed by atoms with Crippen LogP contribution in [0.1, 0.15) is 32.4 Å². The van der Waals surface area contributed by atoms with Gasteiger partial charge >= 0.3 is 0 Å². The highest BCUT2D eigenvalue weighted by Crippen LogP contribution is 2.22. The Morgan fingerprint density at radius 1 is 1.60 bits per heavy atom. The van der Waals surface area contributed by atoms with Crippen molar-refractivity contribution in [2.75, 3.05) is 0 Å². The molecule has 0 atom stereocenters. The van der Waals surface area contributed by atoms with E-state index >= 15 is 0 Å². The first-order valence-electron chi connectivity index (χ1n) is 5.22. The number of aromatic nitrogens is 2. The van der Waals surface area contributed by atoms with Crippen LogP contribution in [-0.2, 0) is 6.54 Å². The molecule has 0 aliphatic rings. The molecule has 0 bridgehead atoms. The van der Waals surface area contributed by atoms with Crippen LogP contribution in [0.25, 0.3) is 0 Å². The first-order chi connectivity index (χ1) is 6.93. The standard InChI is InChI=1S/C11H19N3S/c1-9-5-7-13-14(9)8-4-6-11(2,3)10(12)15/h5,7H,4,6,8H2,1-3H3,(H2,12,15). The molecule has 84 valence electrons. The van der Waals surface area contributed by atoms with Gasteiger partial charge in [-0.15, -0.1) is 0 Å².